The van der Waals surface area contributed by atoms with Crippen molar-refractivity contribution in [1.82, 2.24) is 10.3 Å². The second-order valence-electron chi connectivity index (χ2n) is 7.12. The molecule has 1 aliphatic heterocycles. The summed E-state index contributed by atoms with van der Waals surface area (Å²) in [5, 5.41) is 6.89. The van der Waals surface area contributed by atoms with Crippen molar-refractivity contribution in [1.29, 1.82) is 0 Å². The molecule has 6 heteroatoms. The van der Waals surface area contributed by atoms with Gasteiger partial charge < -0.3 is 10.1 Å². The predicted octanol–water partition coefficient (Wildman–Crippen LogP) is 4.06. The first-order valence-corrected chi connectivity index (χ1v) is 10.0. The van der Waals surface area contributed by atoms with E-state index in [2.05, 4.69) is 41.6 Å². The molecular formula is C20H27N3O2S. The fourth-order valence-corrected chi connectivity index (χ4v) is 4.18. The van der Waals surface area contributed by atoms with Gasteiger partial charge >= 0.3 is 0 Å². The van der Waals surface area contributed by atoms with Crippen molar-refractivity contribution in [3.05, 3.63) is 40.4 Å². The molecule has 1 saturated heterocycles. The summed E-state index contributed by atoms with van der Waals surface area (Å²) in [5.74, 6) is 1.51. The van der Waals surface area contributed by atoms with Crippen LogP contribution in [-0.4, -0.2) is 30.6 Å². The third-order valence-corrected chi connectivity index (χ3v) is 5.74. The van der Waals surface area contributed by atoms with Crippen LogP contribution in [-0.2, 0) is 4.79 Å². The molecule has 3 rings (SSSR count). The van der Waals surface area contributed by atoms with Crippen molar-refractivity contribution >= 4 is 22.4 Å². The van der Waals surface area contributed by atoms with Gasteiger partial charge in [0, 0.05) is 11.1 Å². The number of nitrogens with one attached hydrogen (secondary N) is 2. The number of rotatable bonds is 6. The van der Waals surface area contributed by atoms with Crippen LogP contribution >= 0.6 is 11.3 Å². The van der Waals surface area contributed by atoms with E-state index in [-0.39, 0.29) is 12.5 Å². The largest absolute Gasteiger partial charge is 0.483 e. The van der Waals surface area contributed by atoms with E-state index in [0.717, 1.165) is 42.8 Å². The molecule has 2 aromatic rings. The molecule has 0 radical (unpaired) electrons. The van der Waals surface area contributed by atoms with Crippen molar-refractivity contribution in [2.45, 2.75) is 45.4 Å². The van der Waals surface area contributed by atoms with E-state index in [1.165, 1.54) is 4.88 Å². The molecule has 140 valence electrons. The Morgan fingerprint density at radius 3 is 2.88 bits per heavy atom. The lowest BCUT2D eigenvalue weighted by Crippen LogP contribution is -2.26. The van der Waals surface area contributed by atoms with Gasteiger partial charge in [-0.05, 0) is 61.9 Å². The summed E-state index contributed by atoms with van der Waals surface area (Å²) in [5.41, 5.74) is 2.24. The van der Waals surface area contributed by atoms with E-state index in [1.807, 2.05) is 19.2 Å². The molecular weight excluding hydrogens is 346 g/mol. The normalized spacial score (nSPS) is 15.2. The van der Waals surface area contributed by atoms with Crippen LogP contribution in [0, 0.1) is 6.92 Å². The highest BCUT2D eigenvalue weighted by atomic mass is 32.1. The molecule has 0 bridgehead atoms. The van der Waals surface area contributed by atoms with E-state index in [0.29, 0.717) is 17.0 Å². The van der Waals surface area contributed by atoms with Crippen LogP contribution in [0.2, 0.25) is 0 Å². The number of aromatic nitrogens is 1. The van der Waals surface area contributed by atoms with Gasteiger partial charge in [-0.15, -0.1) is 11.3 Å². The maximum atomic E-state index is 12.3. The highest BCUT2D eigenvalue weighted by molar-refractivity contribution is 7.15. The quantitative estimate of drug-likeness (QED) is 0.801. The van der Waals surface area contributed by atoms with Gasteiger partial charge in [0.05, 0.1) is 0 Å². The van der Waals surface area contributed by atoms with Crippen molar-refractivity contribution in [3.8, 4) is 5.75 Å². The molecule has 5 nitrogen and oxygen atoms in total. The van der Waals surface area contributed by atoms with Crippen molar-refractivity contribution in [3.63, 3.8) is 0 Å². The molecule has 2 N–H and O–H groups in total. The molecule has 1 aliphatic rings. The zero-order valence-electron chi connectivity index (χ0n) is 15.7. The van der Waals surface area contributed by atoms with E-state index >= 15 is 0 Å². The third-order valence-electron chi connectivity index (χ3n) is 4.66. The number of piperidine rings is 1. The molecule has 1 fully saturated rings. The maximum absolute atomic E-state index is 12.3. The van der Waals surface area contributed by atoms with Crippen LogP contribution in [0.5, 0.6) is 5.75 Å². The Morgan fingerprint density at radius 2 is 2.15 bits per heavy atom. The Hall–Kier alpha value is -1.92. The lowest BCUT2D eigenvalue weighted by Gasteiger charge is -2.20. The van der Waals surface area contributed by atoms with Crippen molar-refractivity contribution in [2.24, 2.45) is 0 Å². The Bertz CT molecular complexity index is 751. The van der Waals surface area contributed by atoms with Gasteiger partial charge in [0.2, 0.25) is 0 Å². The Kier molecular flexibility index (Phi) is 6.27. The summed E-state index contributed by atoms with van der Waals surface area (Å²) < 4.78 is 5.79. The van der Waals surface area contributed by atoms with Gasteiger partial charge in [-0.2, -0.15) is 0 Å². The number of hydrogen-bond acceptors (Lipinski definition) is 5. The van der Waals surface area contributed by atoms with Gasteiger partial charge in [0.1, 0.15) is 5.75 Å². The molecule has 1 amide bonds. The van der Waals surface area contributed by atoms with Crippen LogP contribution in [0.3, 0.4) is 0 Å². The number of benzene rings is 1. The van der Waals surface area contributed by atoms with E-state index in [1.54, 1.807) is 11.3 Å². The molecule has 0 aliphatic carbocycles. The van der Waals surface area contributed by atoms with Gasteiger partial charge in [0.15, 0.2) is 11.7 Å². The molecule has 1 aromatic carbocycles. The molecule has 26 heavy (non-hydrogen) atoms. The SMILES string of the molecule is Cc1ccc(C(C)C)c(OCC(=O)Nc2ncc(C3CCNCC3)s2)c1. The second kappa shape index (κ2) is 8.64. The minimum Gasteiger partial charge on any atom is -0.483 e. The van der Waals surface area contributed by atoms with Crippen LogP contribution < -0.4 is 15.4 Å². The van der Waals surface area contributed by atoms with Gasteiger partial charge in [-0.3, -0.25) is 10.1 Å². The van der Waals surface area contributed by atoms with Gasteiger partial charge in [-0.1, -0.05) is 26.0 Å². The van der Waals surface area contributed by atoms with E-state index < -0.39 is 0 Å². The molecule has 0 unspecified atom stereocenters. The lowest BCUT2D eigenvalue weighted by molar-refractivity contribution is -0.118. The number of amides is 1. The first-order valence-electron chi connectivity index (χ1n) is 9.22. The fraction of sp³-hybridized carbons (Fsp3) is 0.500. The Morgan fingerprint density at radius 1 is 1.38 bits per heavy atom. The zero-order valence-corrected chi connectivity index (χ0v) is 16.5. The summed E-state index contributed by atoms with van der Waals surface area (Å²) >= 11 is 1.57. The lowest BCUT2D eigenvalue weighted by atomic mass is 9.97. The Balaban J connectivity index is 1.56. The average Bonchev–Trinajstić information content (AvgIpc) is 3.09. The summed E-state index contributed by atoms with van der Waals surface area (Å²) in [6.07, 6.45) is 4.16. The maximum Gasteiger partial charge on any atom is 0.264 e. The molecule has 0 saturated carbocycles. The topological polar surface area (TPSA) is 63.2 Å². The summed E-state index contributed by atoms with van der Waals surface area (Å²) in [6, 6.07) is 6.13. The van der Waals surface area contributed by atoms with Crippen molar-refractivity contribution in [2.75, 3.05) is 25.0 Å². The van der Waals surface area contributed by atoms with Crippen molar-refractivity contribution < 1.29 is 9.53 Å². The number of ether oxygens (including phenoxy) is 1. The monoisotopic (exact) mass is 373 g/mol. The van der Waals surface area contributed by atoms with Gasteiger partial charge in [0.25, 0.3) is 5.91 Å². The van der Waals surface area contributed by atoms with Crippen LogP contribution in [0.25, 0.3) is 0 Å². The third kappa shape index (κ3) is 4.83. The van der Waals surface area contributed by atoms with Crippen LogP contribution in [0.15, 0.2) is 24.4 Å². The number of nitrogens with zero attached hydrogens (tertiary/aromatic N) is 1. The number of thiazole rings is 1. The number of carbonyl (C=O) groups excluding carboxylic acids is 1. The zero-order chi connectivity index (χ0) is 18.5. The highest BCUT2D eigenvalue weighted by Crippen LogP contribution is 2.32. The predicted molar refractivity (Wildman–Crippen MR) is 106 cm³/mol. The van der Waals surface area contributed by atoms with E-state index in [4.69, 9.17) is 4.74 Å². The molecule has 0 spiro atoms. The van der Waals surface area contributed by atoms with E-state index in [9.17, 15) is 4.79 Å². The first-order chi connectivity index (χ1) is 12.5. The fourth-order valence-electron chi connectivity index (χ4n) is 3.18. The highest BCUT2D eigenvalue weighted by Gasteiger charge is 2.18. The first kappa shape index (κ1) is 18.9. The van der Waals surface area contributed by atoms with Gasteiger partial charge in [-0.25, -0.2) is 4.98 Å². The minimum absolute atomic E-state index is 0.00850. The Labute approximate surface area is 159 Å². The average molecular weight is 374 g/mol. The number of aryl methyl sites for hydroxylation is 1. The summed E-state index contributed by atoms with van der Waals surface area (Å²) in [7, 11) is 0. The summed E-state index contributed by atoms with van der Waals surface area (Å²) in [6.45, 7) is 8.35. The second-order valence-corrected chi connectivity index (χ2v) is 8.19. The molecule has 2 heterocycles. The van der Waals surface area contributed by atoms with Crippen LogP contribution in [0.4, 0.5) is 5.13 Å². The molecule has 0 atom stereocenters. The smallest absolute Gasteiger partial charge is 0.264 e. The number of hydrogen-bond donors (Lipinski definition) is 2. The van der Waals surface area contributed by atoms with Crippen LogP contribution in [0.1, 0.15) is 54.5 Å². The summed E-state index contributed by atoms with van der Waals surface area (Å²) in [4.78, 5) is 17.9. The number of anilines is 1. The minimum atomic E-state index is -0.174. The molecule has 1 aromatic heterocycles. The standard InChI is InChI=1S/C20H27N3O2S/c1-13(2)16-5-4-14(3)10-17(16)25-12-19(24)23-20-22-11-18(26-20)15-6-8-21-9-7-15/h4-5,10-11,13,15,21H,6-9,12H2,1-3H3,(H,22,23,24). The number of carbonyl (C=O) groups is 1.